The Morgan fingerprint density at radius 1 is 0.857 bits per heavy atom. The van der Waals surface area contributed by atoms with Gasteiger partial charge in [-0.25, -0.2) is 4.79 Å². The Morgan fingerprint density at radius 2 is 1.40 bits per heavy atom. The summed E-state index contributed by atoms with van der Waals surface area (Å²) in [4.78, 5) is 64.0. The first kappa shape index (κ1) is 31.5. The number of nitrogens with two attached hydrogens (primary N) is 4. The molecule has 4 unspecified atom stereocenters. The van der Waals surface area contributed by atoms with Crippen molar-refractivity contribution >= 4 is 35.6 Å². The third-order valence-corrected chi connectivity index (χ3v) is 4.75. The molecule has 0 bridgehead atoms. The van der Waals surface area contributed by atoms with Crippen LogP contribution >= 0.6 is 0 Å². The number of carbonyl (C=O) groups excluding carboxylic acids is 4. The molecule has 0 heterocycles. The van der Waals surface area contributed by atoms with Gasteiger partial charge in [0.15, 0.2) is 5.96 Å². The van der Waals surface area contributed by atoms with Gasteiger partial charge in [-0.2, -0.15) is 0 Å². The van der Waals surface area contributed by atoms with Crippen LogP contribution in [-0.2, 0) is 24.0 Å². The van der Waals surface area contributed by atoms with Gasteiger partial charge >= 0.3 is 5.97 Å². The van der Waals surface area contributed by atoms with Crippen molar-refractivity contribution in [2.45, 2.75) is 70.1 Å². The van der Waals surface area contributed by atoms with Gasteiger partial charge in [-0.15, -0.1) is 0 Å². The lowest BCUT2D eigenvalue weighted by molar-refractivity contribution is -0.142. The maximum absolute atomic E-state index is 12.7. The maximum atomic E-state index is 12.7. The number of rotatable bonds is 17. The number of hydrogen-bond acceptors (Lipinski definition) is 8. The fourth-order valence-corrected chi connectivity index (χ4v) is 2.95. The smallest absolute Gasteiger partial charge is 0.326 e. The van der Waals surface area contributed by atoms with Crippen LogP contribution in [0.25, 0.3) is 0 Å². The largest absolute Gasteiger partial charge is 0.480 e. The van der Waals surface area contributed by atoms with Crippen molar-refractivity contribution < 1.29 is 34.2 Å². The maximum Gasteiger partial charge on any atom is 0.326 e. The van der Waals surface area contributed by atoms with E-state index in [0.717, 1.165) is 0 Å². The third-order valence-electron chi connectivity index (χ3n) is 4.75. The number of hydrogen-bond donors (Lipinski definition) is 9. The first-order valence-electron chi connectivity index (χ1n) is 11.1. The van der Waals surface area contributed by atoms with Crippen molar-refractivity contribution in [3.63, 3.8) is 0 Å². The number of aliphatic imine (C=N–C) groups is 1. The van der Waals surface area contributed by atoms with Crippen molar-refractivity contribution in [1.82, 2.24) is 16.0 Å². The fourth-order valence-electron chi connectivity index (χ4n) is 2.95. The molecule has 0 aliphatic rings. The van der Waals surface area contributed by atoms with Crippen molar-refractivity contribution in [3.05, 3.63) is 0 Å². The summed E-state index contributed by atoms with van der Waals surface area (Å²) < 4.78 is 0. The zero-order valence-electron chi connectivity index (χ0n) is 20.0. The van der Waals surface area contributed by atoms with Crippen LogP contribution in [0.2, 0.25) is 0 Å². The first-order chi connectivity index (χ1) is 16.3. The Bertz CT molecular complexity index is 771. The van der Waals surface area contributed by atoms with Crippen LogP contribution in [0.15, 0.2) is 4.99 Å². The molecule has 0 saturated heterocycles. The van der Waals surface area contributed by atoms with Gasteiger partial charge in [-0.05, 0) is 31.6 Å². The van der Waals surface area contributed by atoms with Gasteiger partial charge in [-0.1, -0.05) is 13.8 Å². The van der Waals surface area contributed by atoms with E-state index in [4.69, 9.17) is 22.9 Å². The van der Waals surface area contributed by atoms with Gasteiger partial charge < -0.3 is 49.1 Å². The normalized spacial score (nSPS) is 14.2. The Balaban J connectivity index is 5.26. The van der Waals surface area contributed by atoms with E-state index in [1.165, 1.54) is 0 Å². The summed E-state index contributed by atoms with van der Waals surface area (Å²) in [5.74, 6) is -4.59. The van der Waals surface area contributed by atoms with Crippen molar-refractivity contribution in [3.8, 4) is 0 Å². The van der Waals surface area contributed by atoms with Crippen molar-refractivity contribution in [1.29, 1.82) is 0 Å². The van der Waals surface area contributed by atoms with Gasteiger partial charge in [-0.3, -0.25) is 24.2 Å². The minimum absolute atomic E-state index is 0.0189. The van der Waals surface area contributed by atoms with Gasteiger partial charge in [0, 0.05) is 13.0 Å². The van der Waals surface area contributed by atoms with E-state index >= 15 is 0 Å². The number of aliphatic hydroxyl groups is 1. The molecule has 4 atom stereocenters. The number of amides is 4. The topological polar surface area (TPSA) is 278 Å². The molecule has 0 aromatic rings. The number of primary amides is 1. The lowest BCUT2D eigenvalue weighted by Gasteiger charge is -2.24. The number of nitrogens with zero attached hydrogens (tertiary/aromatic N) is 1. The standard InChI is InChI=1S/C20H38N8O7/c1-10(2)8-11(21)16(31)26-12(5-6-15(22)30)17(32)28-14(9-29)18(33)27-13(19(34)35)4-3-7-25-20(23)24/h10-14,29H,3-9,21H2,1-2H3,(H2,22,30)(H,26,31)(H,27,33)(H,28,32)(H,34,35)(H4,23,24,25). The number of carboxylic acids is 1. The molecule has 0 fully saturated rings. The molecule has 0 saturated carbocycles. The number of aliphatic carboxylic acids is 1. The van der Waals surface area contributed by atoms with E-state index < -0.39 is 60.4 Å². The van der Waals surface area contributed by atoms with E-state index in [0.29, 0.717) is 6.42 Å². The monoisotopic (exact) mass is 502 g/mol. The number of carbonyl (C=O) groups is 5. The molecule has 35 heavy (non-hydrogen) atoms. The second-order valence-corrected chi connectivity index (χ2v) is 8.39. The molecule has 0 aromatic carbocycles. The van der Waals surface area contributed by atoms with E-state index in [1.54, 1.807) is 0 Å². The minimum Gasteiger partial charge on any atom is -0.480 e. The molecule has 15 heteroatoms. The van der Waals surface area contributed by atoms with Crippen LogP contribution in [0, 0.1) is 5.92 Å². The molecular formula is C20H38N8O7. The van der Waals surface area contributed by atoms with E-state index in [9.17, 15) is 34.2 Å². The summed E-state index contributed by atoms with van der Waals surface area (Å²) in [5.41, 5.74) is 21.4. The summed E-state index contributed by atoms with van der Waals surface area (Å²) in [6, 6.07) is -5.04. The number of carboxylic acid groups (broad SMARTS) is 1. The highest BCUT2D eigenvalue weighted by atomic mass is 16.4. The molecule has 15 nitrogen and oxygen atoms in total. The zero-order valence-corrected chi connectivity index (χ0v) is 20.0. The lowest BCUT2D eigenvalue weighted by Crippen LogP contribution is -2.58. The summed E-state index contributed by atoms with van der Waals surface area (Å²) in [7, 11) is 0. The van der Waals surface area contributed by atoms with E-state index in [1.807, 2.05) is 13.8 Å². The van der Waals surface area contributed by atoms with Crippen LogP contribution in [0.3, 0.4) is 0 Å². The van der Waals surface area contributed by atoms with Crippen LogP contribution in [0.4, 0.5) is 0 Å². The highest BCUT2D eigenvalue weighted by Crippen LogP contribution is 2.05. The second kappa shape index (κ2) is 16.2. The Morgan fingerprint density at radius 3 is 1.89 bits per heavy atom. The summed E-state index contributed by atoms with van der Waals surface area (Å²) >= 11 is 0. The SMILES string of the molecule is CC(C)CC(N)C(=O)NC(CCC(N)=O)C(=O)NC(CO)C(=O)NC(CCCN=C(N)N)C(=O)O. The van der Waals surface area contributed by atoms with E-state index in [2.05, 4.69) is 20.9 Å². The Kier molecular flexibility index (Phi) is 14.6. The number of aliphatic hydroxyl groups excluding tert-OH is 1. The fraction of sp³-hybridized carbons (Fsp3) is 0.700. The van der Waals surface area contributed by atoms with Crippen molar-refractivity contribution in [2.24, 2.45) is 33.8 Å². The summed E-state index contributed by atoms with van der Waals surface area (Å²) in [6.07, 6.45) is 0.143. The van der Waals surface area contributed by atoms with Gasteiger partial charge in [0.25, 0.3) is 0 Å². The summed E-state index contributed by atoms with van der Waals surface area (Å²) in [6.45, 7) is 3.00. The molecule has 0 spiro atoms. The first-order valence-corrected chi connectivity index (χ1v) is 11.1. The highest BCUT2D eigenvalue weighted by molar-refractivity contribution is 5.94. The number of guanidine groups is 1. The molecule has 13 N–H and O–H groups in total. The Hall–Kier alpha value is -3.46. The predicted octanol–water partition coefficient (Wildman–Crippen LogP) is -3.79. The molecule has 0 radical (unpaired) electrons. The highest BCUT2D eigenvalue weighted by Gasteiger charge is 2.30. The van der Waals surface area contributed by atoms with Crippen LogP contribution in [0.1, 0.15) is 46.0 Å². The second-order valence-electron chi connectivity index (χ2n) is 8.39. The van der Waals surface area contributed by atoms with Crippen molar-refractivity contribution in [2.75, 3.05) is 13.2 Å². The van der Waals surface area contributed by atoms with Crippen LogP contribution in [0.5, 0.6) is 0 Å². The average molecular weight is 503 g/mol. The molecular weight excluding hydrogens is 464 g/mol. The van der Waals surface area contributed by atoms with Gasteiger partial charge in [0.2, 0.25) is 23.6 Å². The zero-order chi connectivity index (χ0) is 27.1. The molecule has 0 aliphatic heterocycles. The number of nitrogens with one attached hydrogen (secondary N) is 3. The van der Waals surface area contributed by atoms with Gasteiger partial charge in [0.05, 0.1) is 12.6 Å². The quantitative estimate of drug-likeness (QED) is 0.0531. The van der Waals surface area contributed by atoms with Gasteiger partial charge in [0.1, 0.15) is 18.1 Å². The molecule has 4 amide bonds. The third kappa shape index (κ3) is 13.7. The average Bonchev–Trinajstić information content (AvgIpc) is 2.75. The molecule has 0 aliphatic carbocycles. The molecule has 0 rings (SSSR count). The van der Waals surface area contributed by atoms with Crippen LogP contribution < -0.4 is 38.9 Å². The minimum atomic E-state index is -1.53. The van der Waals surface area contributed by atoms with E-state index in [-0.39, 0.29) is 44.1 Å². The molecule has 0 aromatic heterocycles. The predicted molar refractivity (Wildman–Crippen MR) is 126 cm³/mol. The Labute approximate surface area is 203 Å². The molecule has 200 valence electrons. The lowest BCUT2D eigenvalue weighted by atomic mass is 10.0. The van der Waals surface area contributed by atoms with Crippen LogP contribution in [-0.4, -0.2) is 83.1 Å². The summed E-state index contributed by atoms with van der Waals surface area (Å²) in [5, 5.41) is 25.8.